The van der Waals surface area contributed by atoms with E-state index in [0.717, 1.165) is 41.8 Å². The van der Waals surface area contributed by atoms with E-state index >= 15 is 0 Å². The maximum atomic E-state index is 13.1. The van der Waals surface area contributed by atoms with E-state index in [-0.39, 0.29) is 23.8 Å². The number of nitrogens with one attached hydrogen (secondary N) is 1. The number of unbranched alkanes of at least 4 members (excludes halogenated alkanes) is 3. The monoisotopic (exact) mass is 795 g/mol. The number of nitrogen functional groups attached to an aromatic ring is 1. The molecule has 0 atom stereocenters. The highest BCUT2D eigenvalue weighted by molar-refractivity contribution is 7.22. The first kappa shape index (κ1) is 43.1. The lowest BCUT2D eigenvalue weighted by molar-refractivity contribution is -0.145. The molecule has 2 aliphatic carbocycles. The number of rotatable bonds is 17. The number of anilines is 1. The lowest BCUT2D eigenvalue weighted by Gasteiger charge is -2.29. The lowest BCUT2D eigenvalue weighted by atomic mass is 9.77. The molecule has 4 aromatic rings. The van der Waals surface area contributed by atoms with Gasteiger partial charge in [0.2, 0.25) is 0 Å². The molecule has 304 valence electrons. The van der Waals surface area contributed by atoms with Gasteiger partial charge in [0.15, 0.2) is 5.13 Å². The van der Waals surface area contributed by atoms with Gasteiger partial charge < -0.3 is 30.1 Å². The Morgan fingerprint density at radius 1 is 0.825 bits per heavy atom. The molecule has 11 heteroatoms. The van der Waals surface area contributed by atoms with Crippen LogP contribution in [0.25, 0.3) is 10.2 Å². The highest BCUT2D eigenvalue weighted by Gasteiger charge is 2.32. The Morgan fingerprint density at radius 3 is 2.12 bits per heavy atom. The van der Waals surface area contributed by atoms with E-state index in [2.05, 4.69) is 24.6 Å². The van der Waals surface area contributed by atoms with Gasteiger partial charge in [-0.2, -0.15) is 0 Å². The molecule has 0 amide bonds. The van der Waals surface area contributed by atoms with E-state index in [4.69, 9.17) is 30.1 Å². The van der Waals surface area contributed by atoms with Crippen LogP contribution >= 0.6 is 11.3 Å². The van der Waals surface area contributed by atoms with Crippen LogP contribution < -0.4 is 19.9 Å². The number of carbonyl (C=O) groups is 3. The quantitative estimate of drug-likeness (QED) is 0.0350. The highest BCUT2D eigenvalue weighted by atomic mass is 32.1. The van der Waals surface area contributed by atoms with Gasteiger partial charge in [-0.05, 0) is 143 Å². The summed E-state index contributed by atoms with van der Waals surface area (Å²) in [6.45, 7) is 6.61. The van der Waals surface area contributed by atoms with E-state index in [1.54, 1.807) is 24.3 Å². The van der Waals surface area contributed by atoms with Crippen LogP contribution in [-0.4, -0.2) is 42.3 Å². The highest BCUT2D eigenvalue weighted by Crippen LogP contribution is 2.39. The Hall–Kier alpha value is -5.03. The molecule has 2 fully saturated rings. The number of thiazole rings is 1. The van der Waals surface area contributed by atoms with Crippen molar-refractivity contribution in [2.45, 2.75) is 103 Å². The summed E-state index contributed by atoms with van der Waals surface area (Å²) in [7, 11) is 0. The first-order chi connectivity index (χ1) is 27.8. The number of carbonyl (C=O) groups excluding carboxylic acids is 3. The summed E-state index contributed by atoms with van der Waals surface area (Å²) in [6, 6.07) is 20.9. The molecule has 2 saturated carbocycles. The summed E-state index contributed by atoms with van der Waals surface area (Å²) in [5.41, 5.74) is 8.36. The van der Waals surface area contributed by atoms with Crippen molar-refractivity contribution in [3.8, 4) is 17.2 Å². The predicted molar refractivity (Wildman–Crippen MR) is 226 cm³/mol. The summed E-state index contributed by atoms with van der Waals surface area (Å²) in [4.78, 5) is 41.1. The molecule has 6 rings (SSSR count). The topological polar surface area (TPSA) is 151 Å². The van der Waals surface area contributed by atoms with Crippen molar-refractivity contribution in [3.63, 3.8) is 0 Å². The number of aromatic nitrogens is 1. The van der Waals surface area contributed by atoms with Crippen LogP contribution in [0.3, 0.4) is 0 Å². The van der Waals surface area contributed by atoms with Crippen molar-refractivity contribution in [1.82, 2.24) is 4.98 Å². The fourth-order valence-electron chi connectivity index (χ4n) is 7.65. The van der Waals surface area contributed by atoms with Crippen molar-refractivity contribution in [2.75, 3.05) is 18.9 Å². The van der Waals surface area contributed by atoms with E-state index in [9.17, 15) is 14.4 Å². The van der Waals surface area contributed by atoms with Gasteiger partial charge >= 0.3 is 17.9 Å². The second-order valence-electron chi connectivity index (χ2n) is 15.0. The second kappa shape index (κ2) is 22.6. The molecule has 1 heterocycles. The standard InChI is InChI=1S/C39H51NO7.C7H6N2S/c1-3-9-28-10-12-29(13-11-28)32-18-23-36(33(26-32)27-40)47-39(43)31-16-14-30(15-17-31)38(42)46-35-21-19-34(20-22-35)44-24-7-5-6-8-25-45-37(41)4-2;8-7-9-5-3-1-2-4-6(5)10-7/h4,18-23,26-31,40H,2-3,5-17,24-25H2,1H3;1-4H,(H2,8,9). The molecule has 0 aliphatic heterocycles. The minimum Gasteiger partial charge on any atom is -0.494 e. The summed E-state index contributed by atoms with van der Waals surface area (Å²) in [6.07, 6.45) is 15.7. The van der Waals surface area contributed by atoms with Crippen LogP contribution in [0.2, 0.25) is 0 Å². The number of hydrogen-bond donors (Lipinski definition) is 2. The number of para-hydroxylation sites is 1. The number of nitrogens with zero attached hydrogens (tertiary/aromatic N) is 1. The van der Waals surface area contributed by atoms with Gasteiger partial charge in [-0.25, -0.2) is 9.78 Å². The van der Waals surface area contributed by atoms with E-state index in [0.29, 0.717) is 72.8 Å². The third kappa shape index (κ3) is 13.6. The van der Waals surface area contributed by atoms with Crippen LogP contribution in [-0.2, 0) is 19.1 Å². The zero-order valence-electron chi connectivity index (χ0n) is 33.1. The summed E-state index contributed by atoms with van der Waals surface area (Å²) >= 11 is 1.52. The minimum atomic E-state index is -0.391. The van der Waals surface area contributed by atoms with Gasteiger partial charge in [0.25, 0.3) is 0 Å². The molecular formula is C46H57N3O7S. The van der Waals surface area contributed by atoms with Crippen LogP contribution in [0, 0.1) is 23.2 Å². The maximum Gasteiger partial charge on any atom is 0.330 e. The van der Waals surface area contributed by atoms with Gasteiger partial charge in [-0.3, -0.25) is 9.59 Å². The molecule has 1 aromatic heterocycles. The third-order valence-electron chi connectivity index (χ3n) is 10.9. The van der Waals surface area contributed by atoms with Crippen LogP contribution in [0.4, 0.5) is 5.13 Å². The first-order valence-electron chi connectivity index (χ1n) is 20.5. The van der Waals surface area contributed by atoms with Crippen LogP contribution in [0.5, 0.6) is 17.2 Å². The number of fused-ring (bicyclic) bond motifs is 1. The smallest absolute Gasteiger partial charge is 0.330 e. The average Bonchev–Trinajstić information content (AvgIpc) is 3.63. The number of benzene rings is 3. The van der Waals surface area contributed by atoms with E-state index in [1.807, 2.05) is 36.4 Å². The molecular weight excluding hydrogens is 739 g/mol. The predicted octanol–water partition coefficient (Wildman–Crippen LogP) is 10.6. The third-order valence-corrected chi connectivity index (χ3v) is 11.7. The summed E-state index contributed by atoms with van der Waals surface area (Å²) in [5.74, 6) is 1.44. The SMILES string of the molecule is C=CC(=O)OCCCCCCOc1ccc(OC(=O)C2CCC(C(=O)Oc3ccc(C4CCC(CCC)CC4)cc3C=N)CC2)cc1.Nc1nc2ccccc2s1. The Labute approximate surface area is 340 Å². The first-order valence-corrected chi connectivity index (χ1v) is 21.3. The van der Waals surface area contributed by atoms with Gasteiger partial charge in [0, 0.05) is 17.9 Å². The molecule has 3 N–H and O–H groups in total. The zero-order valence-corrected chi connectivity index (χ0v) is 33.9. The van der Waals surface area contributed by atoms with Gasteiger partial charge in [-0.15, -0.1) is 0 Å². The Bertz CT molecular complexity index is 1880. The zero-order chi connectivity index (χ0) is 40.4. The fourth-order valence-corrected chi connectivity index (χ4v) is 8.38. The van der Waals surface area contributed by atoms with Gasteiger partial charge in [0.05, 0.1) is 35.3 Å². The molecule has 3 aromatic carbocycles. The molecule has 0 saturated heterocycles. The number of ether oxygens (including phenoxy) is 4. The van der Waals surface area contributed by atoms with Crippen molar-refractivity contribution in [3.05, 3.63) is 90.5 Å². The van der Waals surface area contributed by atoms with Crippen molar-refractivity contribution >= 4 is 50.8 Å². The average molecular weight is 796 g/mol. The van der Waals surface area contributed by atoms with Gasteiger partial charge in [0.1, 0.15) is 17.2 Å². The van der Waals surface area contributed by atoms with E-state index < -0.39 is 5.97 Å². The maximum absolute atomic E-state index is 13.1. The Kier molecular flexibility index (Phi) is 17.1. The van der Waals surface area contributed by atoms with E-state index in [1.165, 1.54) is 67.7 Å². The summed E-state index contributed by atoms with van der Waals surface area (Å²) in [5, 5.41) is 8.58. The molecule has 2 aliphatic rings. The Morgan fingerprint density at radius 2 is 1.47 bits per heavy atom. The largest absolute Gasteiger partial charge is 0.494 e. The van der Waals surface area contributed by atoms with Crippen LogP contribution in [0.15, 0.2) is 79.4 Å². The lowest BCUT2D eigenvalue weighted by Crippen LogP contribution is -2.30. The number of esters is 3. The minimum absolute atomic E-state index is 0.265. The van der Waals surface area contributed by atoms with Gasteiger partial charge in [-0.1, -0.05) is 55.9 Å². The Balaban J connectivity index is 0.000000532. The normalized spacial score (nSPS) is 19.0. The van der Waals surface area contributed by atoms with Crippen molar-refractivity contribution in [1.29, 1.82) is 5.41 Å². The number of hydrogen-bond acceptors (Lipinski definition) is 11. The fraction of sp³-hybridized carbons (Fsp3) is 0.457. The summed E-state index contributed by atoms with van der Waals surface area (Å²) < 4.78 is 23.3. The number of nitrogens with two attached hydrogens (primary N) is 1. The molecule has 10 nitrogen and oxygen atoms in total. The molecule has 0 spiro atoms. The van der Waals surface area contributed by atoms with Crippen LogP contribution in [0.1, 0.15) is 114 Å². The van der Waals surface area contributed by atoms with Crippen molar-refractivity contribution < 1.29 is 33.3 Å². The molecule has 0 unspecified atom stereocenters. The second-order valence-corrected chi connectivity index (χ2v) is 16.0. The molecule has 0 bridgehead atoms. The molecule has 57 heavy (non-hydrogen) atoms. The molecule has 0 radical (unpaired) electrons. The van der Waals surface area contributed by atoms with Crippen molar-refractivity contribution in [2.24, 2.45) is 17.8 Å².